The van der Waals surface area contributed by atoms with E-state index in [1.165, 1.54) is 16.7 Å². The summed E-state index contributed by atoms with van der Waals surface area (Å²) in [6, 6.07) is 25.0. The first-order valence-electron chi connectivity index (χ1n) is 7.76. The topological polar surface area (TPSA) is 9.23 Å². The number of hydrogen-bond acceptors (Lipinski definition) is 1. The lowest BCUT2D eigenvalue weighted by Crippen LogP contribution is -1.96. The van der Waals surface area contributed by atoms with Crippen LogP contribution in [0.15, 0.2) is 79.4 Å². The number of ether oxygens (including phenoxy) is 1. The Morgan fingerprint density at radius 3 is 2.22 bits per heavy atom. The first-order valence-corrected chi connectivity index (χ1v) is 7.76. The fourth-order valence-electron chi connectivity index (χ4n) is 2.54. The van der Waals surface area contributed by atoms with E-state index in [9.17, 15) is 0 Å². The van der Waals surface area contributed by atoms with Crippen LogP contribution in [0.5, 0.6) is 5.75 Å². The van der Waals surface area contributed by atoms with E-state index in [0.29, 0.717) is 6.61 Å². The molecule has 0 saturated carbocycles. The van der Waals surface area contributed by atoms with Gasteiger partial charge >= 0.3 is 0 Å². The summed E-state index contributed by atoms with van der Waals surface area (Å²) in [6.45, 7) is 6.47. The molecule has 0 spiro atoms. The second-order valence-corrected chi connectivity index (χ2v) is 5.58. The average Bonchev–Trinajstić information content (AvgIpc) is 2.61. The zero-order chi connectivity index (χ0) is 16.1. The van der Waals surface area contributed by atoms with Crippen LogP contribution < -0.4 is 4.74 Å². The van der Waals surface area contributed by atoms with Crippen molar-refractivity contribution in [1.82, 2.24) is 0 Å². The van der Waals surface area contributed by atoms with Crippen molar-refractivity contribution in [2.75, 3.05) is 0 Å². The van der Waals surface area contributed by atoms with Crippen molar-refractivity contribution >= 4 is 6.08 Å². The summed E-state index contributed by atoms with van der Waals surface area (Å²) in [4.78, 5) is 0. The van der Waals surface area contributed by atoms with Crippen molar-refractivity contribution < 1.29 is 4.74 Å². The predicted molar refractivity (Wildman–Crippen MR) is 97.5 cm³/mol. The summed E-state index contributed by atoms with van der Waals surface area (Å²) in [5.41, 5.74) is 5.86. The fraction of sp³-hybridized carbons (Fsp3) is 0.0909. The fourth-order valence-corrected chi connectivity index (χ4v) is 2.54. The summed E-state index contributed by atoms with van der Waals surface area (Å²) in [6.07, 6.45) is 1.86. The van der Waals surface area contributed by atoms with Crippen LogP contribution in [-0.4, -0.2) is 0 Å². The molecule has 114 valence electrons. The van der Waals surface area contributed by atoms with Gasteiger partial charge in [-0.1, -0.05) is 73.3 Å². The summed E-state index contributed by atoms with van der Waals surface area (Å²) in [5, 5.41) is 0. The lowest BCUT2D eigenvalue weighted by atomic mass is 10.0. The first kappa shape index (κ1) is 15.1. The molecule has 0 radical (unpaired) electrons. The van der Waals surface area contributed by atoms with Crippen LogP contribution in [0.4, 0.5) is 0 Å². The molecule has 0 saturated heterocycles. The van der Waals surface area contributed by atoms with Gasteiger partial charge in [0, 0.05) is 0 Å². The molecule has 0 aliphatic rings. The zero-order valence-electron chi connectivity index (χ0n) is 13.3. The highest BCUT2D eigenvalue weighted by Gasteiger charge is 2.04. The van der Waals surface area contributed by atoms with Crippen LogP contribution in [0, 0.1) is 6.92 Å². The minimum absolute atomic E-state index is 0.592. The Bertz CT molecular complexity index is 786. The maximum absolute atomic E-state index is 5.94. The Kier molecular flexibility index (Phi) is 4.58. The molecule has 0 atom stereocenters. The van der Waals surface area contributed by atoms with Crippen LogP contribution >= 0.6 is 0 Å². The number of hydrogen-bond donors (Lipinski definition) is 0. The van der Waals surface area contributed by atoms with E-state index in [0.717, 1.165) is 16.9 Å². The van der Waals surface area contributed by atoms with Gasteiger partial charge in [0.25, 0.3) is 0 Å². The normalized spacial score (nSPS) is 10.3. The van der Waals surface area contributed by atoms with Gasteiger partial charge in [0.1, 0.15) is 12.4 Å². The van der Waals surface area contributed by atoms with E-state index >= 15 is 0 Å². The summed E-state index contributed by atoms with van der Waals surface area (Å²) in [7, 11) is 0. The molecule has 0 N–H and O–H groups in total. The van der Waals surface area contributed by atoms with Crippen LogP contribution in [0.2, 0.25) is 0 Å². The largest absolute Gasteiger partial charge is 0.489 e. The van der Waals surface area contributed by atoms with E-state index in [1.54, 1.807) is 0 Å². The van der Waals surface area contributed by atoms with Gasteiger partial charge in [0.05, 0.1) is 0 Å². The highest BCUT2D eigenvalue weighted by atomic mass is 16.5. The van der Waals surface area contributed by atoms with Gasteiger partial charge in [-0.3, -0.25) is 0 Å². The van der Waals surface area contributed by atoms with Crippen molar-refractivity contribution in [2.45, 2.75) is 13.5 Å². The summed E-state index contributed by atoms with van der Waals surface area (Å²) < 4.78 is 5.94. The van der Waals surface area contributed by atoms with E-state index in [4.69, 9.17) is 4.74 Å². The molecule has 0 bridgehead atoms. The van der Waals surface area contributed by atoms with Gasteiger partial charge in [0.15, 0.2) is 0 Å². The van der Waals surface area contributed by atoms with Crippen LogP contribution in [0.1, 0.15) is 16.7 Å². The highest BCUT2D eigenvalue weighted by Crippen LogP contribution is 2.27. The Morgan fingerprint density at radius 1 is 0.870 bits per heavy atom. The molecule has 0 unspecified atom stereocenters. The Morgan fingerprint density at radius 2 is 1.57 bits per heavy atom. The third-order valence-corrected chi connectivity index (χ3v) is 3.89. The lowest BCUT2D eigenvalue weighted by molar-refractivity contribution is 0.304. The van der Waals surface area contributed by atoms with Gasteiger partial charge < -0.3 is 4.74 Å². The molecule has 1 heteroatoms. The van der Waals surface area contributed by atoms with E-state index in [2.05, 4.69) is 68.1 Å². The molecule has 3 aromatic rings. The molecule has 23 heavy (non-hydrogen) atoms. The van der Waals surface area contributed by atoms with E-state index in [1.807, 2.05) is 24.3 Å². The lowest BCUT2D eigenvalue weighted by Gasteiger charge is -2.11. The molecule has 0 heterocycles. The second kappa shape index (κ2) is 6.97. The summed E-state index contributed by atoms with van der Waals surface area (Å²) in [5.74, 6) is 0.931. The average molecular weight is 300 g/mol. The molecule has 0 amide bonds. The van der Waals surface area contributed by atoms with Crippen molar-refractivity contribution in [3.63, 3.8) is 0 Å². The van der Waals surface area contributed by atoms with Crippen molar-refractivity contribution in [3.8, 4) is 16.9 Å². The Balaban J connectivity index is 1.76. The number of rotatable bonds is 5. The van der Waals surface area contributed by atoms with Gasteiger partial charge in [0.2, 0.25) is 0 Å². The Hall–Kier alpha value is -2.80. The molecular formula is C22H20O. The minimum atomic E-state index is 0.592. The minimum Gasteiger partial charge on any atom is -0.489 e. The quantitative estimate of drug-likeness (QED) is 0.571. The Labute approximate surface area is 137 Å². The molecule has 3 aromatic carbocycles. The molecule has 0 fully saturated rings. The SMILES string of the molecule is C=Cc1ccc(-c2ccc(OCc3ccccc3)c(C)c2)cc1. The van der Waals surface area contributed by atoms with Crippen molar-refractivity contribution in [1.29, 1.82) is 0 Å². The molecule has 0 aliphatic heterocycles. The third kappa shape index (κ3) is 3.70. The van der Waals surface area contributed by atoms with Gasteiger partial charge in [-0.15, -0.1) is 0 Å². The van der Waals surface area contributed by atoms with E-state index < -0.39 is 0 Å². The van der Waals surface area contributed by atoms with Crippen molar-refractivity contribution in [2.24, 2.45) is 0 Å². The maximum atomic E-state index is 5.94. The molecule has 0 aromatic heterocycles. The second-order valence-electron chi connectivity index (χ2n) is 5.58. The van der Waals surface area contributed by atoms with Gasteiger partial charge in [-0.2, -0.15) is 0 Å². The molecular weight excluding hydrogens is 280 g/mol. The first-order chi connectivity index (χ1) is 11.3. The standard InChI is InChI=1S/C22H20O/c1-3-18-9-11-20(12-10-18)21-13-14-22(17(2)15-21)23-16-19-7-5-4-6-8-19/h3-15H,1,16H2,2H3. The molecule has 0 aliphatic carbocycles. The van der Waals surface area contributed by atoms with Crippen LogP contribution in [-0.2, 0) is 6.61 Å². The predicted octanol–water partition coefficient (Wildman–Crippen LogP) is 5.88. The number of aryl methyl sites for hydroxylation is 1. The van der Waals surface area contributed by atoms with Gasteiger partial charge in [-0.05, 0) is 46.9 Å². The zero-order valence-corrected chi connectivity index (χ0v) is 13.3. The monoisotopic (exact) mass is 300 g/mol. The number of benzene rings is 3. The van der Waals surface area contributed by atoms with Crippen LogP contribution in [0.3, 0.4) is 0 Å². The molecule has 3 rings (SSSR count). The van der Waals surface area contributed by atoms with E-state index in [-0.39, 0.29) is 0 Å². The van der Waals surface area contributed by atoms with Crippen molar-refractivity contribution in [3.05, 3.63) is 96.1 Å². The maximum Gasteiger partial charge on any atom is 0.122 e. The summed E-state index contributed by atoms with van der Waals surface area (Å²) >= 11 is 0. The highest BCUT2D eigenvalue weighted by molar-refractivity contribution is 5.67. The smallest absolute Gasteiger partial charge is 0.122 e. The molecule has 1 nitrogen and oxygen atoms in total. The van der Waals surface area contributed by atoms with Crippen LogP contribution in [0.25, 0.3) is 17.2 Å². The third-order valence-electron chi connectivity index (χ3n) is 3.89. The van der Waals surface area contributed by atoms with Gasteiger partial charge in [-0.25, -0.2) is 0 Å².